The van der Waals surface area contributed by atoms with Crippen molar-refractivity contribution in [2.45, 2.75) is 13.1 Å². The van der Waals surface area contributed by atoms with Crippen LogP contribution in [0.4, 0.5) is 0 Å². The van der Waals surface area contributed by atoms with Crippen molar-refractivity contribution in [3.63, 3.8) is 0 Å². The fraction of sp³-hybridized carbons (Fsp3) is 0.391. The van der Waals surface area contributed by atoms with E-state index in [1.54, 1.807) is 7.05 Å². The van der Waals surface area contributed by atoms with Crippen molar-refractivity contribution in [1.82, 2.24) is 10.2 Å². The van der Waals surface area contributed by atoms with E-state index in [4.69, 9.17) is 11.6 Å². The van der Waals surface area contributed by atoms with Crippen LogP contribution in [0.3, 0.4) is 0 Å². The number of hydrogen-bond acceptors (Lipinski definition) is 2. The van der Waals surface area contributed by atoms with Crippen LogP contribution < -0.4 is 15.1 Å². The van der Waals surface area contributed by atoms with Crippen molar-refractivity contribution in [2.75, 3.05) is 46.8 Å². The second-order valence-corrected chi connectivity index (χ2v) is 8.46. The zero-order valence-electron chi connectivity index (χ0n) is 17.7. The predicted octanol–water partition coefficient (Wildman–Crippen LogP) is -0.358. The number of piperazine rings is 1. The standard InChI is InChI=1S/C23H29ClN4O2/c1-25-23(30)20-7-3-18(4-8-20)15-26(2)17-22(29)28-13-11-27(12-14-28)16-19-5-9-21(24)10-6-19/h3-10H,11-17H2,1-2H3,(H,25,30)/p+2. The third kappa shape index (κ3) is 6.29. The molecule has 2 amide bonds. The van der Waals surface area contributed by atoms with E-state index < -0.39 is 0 Å². The van der Waals surface area contributed by atoms with E-state index in [1.807, 2.05) is 48.3 Å². The highest BCUT2D eigenvalue weighted by atomic mass is 35.5. The first-order valence-corrected chi connectivity index (χ1v) is 10.8. The number of nitrogens with one attached hydrogen (secondary N) is 3. The van der Waals surface area contributed by atoms with Crippen molar-refractivity contribution >= 4 is 23.4 Å². The molecule has 1 saturated heterocycles. The van der Waals surface area contributed by atoms with Crippen molar-refractivity contribution in [2.24, 2.45) is 0 Å². The van der Waals surface area contributed by atoms with Crippen LogP contribution >= 0.6 is 11.6 Å². The van der Waals surface area contributed by atoms with E-state index in [2.05, 4.69) is 17.4 Å². The van der Waals surface area contributed by atoms with Gasteiger partial charge in [-0.2, -0.15) is 0 Å². The van der Waals surface area contributed by atoms with E-state index in [9.17, 15) is 9.59 Å². The molecule has 0 spiro atoms. The SMILES string of the molecule is CNC(=O)c1ccc(C[NH+](C)CC(=O)N2CC[NH+](Cc3ccc(Cl)cc3)CC2)cc1. The number of carbonyl (C=O) groups excluding carboxylic acids is 2. The number of halogens is 1. The summed E-state index contributed by atoms with van der Waals surface area (Å²) in [6.45, 7) is 5.73. The summed E-state index contributed by atoms with van der Waals surface area (Å²) in [5, 5.41) is 3.38. The fourth-order valence-electron chi connectivity index (χ4n) is 3.84. The average Bonchev–Trinajstić information content (AvgIpc) is 2.75. The van der Waals surface area contributed by atoms with E-state index in [-0.39, 0.29) is 11.8 Å². The summed E-state index contributed by atoms with van der Waals surface area (Å²) in [6.07, 6.45) is 0. The Kier molecular flexibility index (Phi) is 7.85. The molecule has 3 rings (SSSR count). The smallest absolute Gasteiger partial charge is 0.278 e. The number of quaternary nitrogens is 2. The lowest BCUT2D eigenvalue weighted by Gasteiger charge is -2.32. The Morgan fingerprint density at radius 1 is 1.03 bits per heavy atom. The van der Waals surface area contributed by atoms with E-state index >= 15 is 0 Å². The van der Waals surface area contributed by atoms with Gasteiger partial charge in [0.25, 0.3) is 11.8 Å². The fourth-order valence-corrected chi connectivity index (χ4v) is 3.97. The molecule has 3 N–H and O–H groups in total. The Hall–Kier alpha value is -2.41. The highest BCUT2D eigenvalue weighted by Crippen LogP contribution is 2.08. The summed E-state index contributed by atoms with van der Waals surface area (Å²) in [5.74, 6) is 0.120. The maximum Gasteiger partial charge on any atom is 0.278 e. The van der Waals surface area contributed by atoms with Crippen LogP contribution in [-0.4, -0.2) is 63.5 Å². The number of rotatable bonds is 7. The Morgan fingerprint density at radius 2 is 1.63 bits per heavy atom. The number of carbonyl (C=O) groups is 2. The van der Waals surface area contributed by atoms with E-state index in [0.29, 0.717) is 12.1 Å². The minimum Gasteiger partial charge on any atom is -0.355 e. The molecule has 0 aromatic heterocycles. The molecular weight excluding hydrogens is 400 g/mol. The zero-order chi connectivity index (χ0) is 21.5. The summed E-state index contributed by atoms with van der Waals surface area (Å²) in [5.41, 5.74) is 3.04. The van der Waals surface area contributed by atoms with Crippen LogP contribution in [0, 0.1) is 0 Å². The van der Waals surface area contributed by atoms with Gasteiger partial charge in [0.1, 0.15) is 13.1 Å². The quantitative estimate of drug-likeness (QED) is 0.562. The summed E-state index contributed by atoms with van der Waals surface area (Å²) in [7, 11) is 3.66. The molecule has 30 heavy (non-hydrogen) atoms. The minimum atomic E-state index is -0.0882. The van der Waals surface area contributed by atoms with Crippen molar-refractivity contribution in [3.05, 3.63) is 70.2 Å². The molecule has 1 fully saturated rings. The first-order valence-electron chi connectivity index (χ1n) is 10.4. The molecule has 0 aliphatic carbocycles. The molecule has 1 aliphatic heterocycles. The molecule has 7 heteroatoms. The molecule has 0 bridgehead atoms. The highest BCUT2D eigenvalue weighted by molar-refractivity contribution is 6.30. The Bertz CT molecular complexity index is 847. The predicted molar refractivity (Wildman–Crippen MR) is 118 cm³/mol. The number of amides is 2. The van der Waals surface area contributed by atoms with Gasteiger partial charge in [0.15, 0.2) is 6.54 Å². The third-order valence-electron chi connectivity index (χ3n) is 5.59. The lowest BCUT2D eigenvalue weighted by Crippen LogP contribution is -3.14. The monoisotopic (exact) mass is 430 g/mol. The van der Waals surface area contributed by atoms with Gasteiger partial charge in [0.05, 0.1) is 33.2 Å². The first-order chi connectivity index (χ1) is 14.4. The molecule has 2 aromatic rings. The maximum atomic E-state index is 12.7. The van der Waals surface area contributed by atoms with Gasteiger partial charge in [0.2, 0.25) is 0 Å². The average molecular weight is 431 g/mol. The molecule has 2 aromatic carbocycles. The molecule has 1 heterocycles. The molecule has 1 atom stereocenters. The van der Waals surface area contributed by atoms with Gasteiger partial charge < -0.3 is 20.0 Å². The summed E-state index contributed by atoms with van der Waals surface area (Å²) in [4.78, 5) is 29.0. The van der Waals surface area contributed by atoms with E-state index in [1.165, 1.54) is 10.5 Å². The Balaban J connectivity index is 1.42. The lowest BCUT2D eigenvalue weighted by atomic mass is 10.1. The Labute approximate surface area is 183 Å². The van der Waals surface area contributed by atoms with Gasteiger partial charge in [-0.25, -0.2) is 0 Å². The van der Waals surface area contributed by atoms with Crippen LogP contribution in [0.5, 0.6) is 0 Å². The number of likely N-dealkylation sites (N-methyl/N-ethyl adjacent to an activating group) is 1. The second-order valence-electron chi connectivity index (χ2n) is 8.02. The topological polar surface area (TPSA) is 58.3 Å². The molecule has 1 unspecified atom stereocenters. The highest BCUT2D eigenvalue weighted by Gasteiger charge is 2.25. The van der Waals surface area contributed by atoms with Crippen LogP contribution in [-0.2, 0) is 17.9 Å². The lowest BCUT2D eigenvalue weighted by molar-refractivity contribution is -0.918. The first kappa shape index (κ1) is 22.3. The van der Waals surface area contributed by atoms with Gasteiger partial charge in [-0.1, -0.05) is 35.9 Å². The minimum absolute atomic E-state index is 0.0882. The molecule has 0 saturated carbocycles. The molecular formula is C23H31ClN4O2+2. The van der Waals surface area contributed by atoms with Crippen LogP contribution in [0.1, 0.15) is 21.5 Å². The van der Waals surface area contributed by atoms with Gasteiger partial charge in [-0.15, -0.1) is 0 Å². The summed E-state index contributed by atoms with van der Waals surface area (Å²) >= 11 is 5.96. The number of benzene rings is 2. The van der Waals surface area contributed by atoms with Crippen LogP contribution in [0.15, 0.2) is 48.5 Å². The Morgan fingerprint density at radius 3 is 2.23 bits per heavy atom. The molecule has 1 aliphatic rings. The number of nitrogens with zero attached hydrogens (tertiary/aromatic N) is 1. The van der Waals surface area contributed by atoms with Crippen molar-refractivity contribution < 1.29 is 19.4 Å². The van der Waals surface area contributed by atoms with Gasteiger partial charge in [-0.05, 0) is 24.3 Å². The summed E-state index contributed by atoms with van der Waals surface area (Å²) in [6, 6.07) is 15.6. The largest absolute Gasteiger partial charge is 0.355 e. The molecule has 6 nitrogen and oxygen atoms in total. The van der Waals surface area contributed by atoms with E-state index in [0.717, 1.165) is 54.8 Å². The van der Waals surface area contributed by atoms with Crippen molar-refractivity contribution in [3.8, 4) is 0 Å². The summed E-state index contributed by atoms with van der Waals surface area (Å²) < 4.78 is 0. The van der Waals surface area contributed by atoms with Gasteiger partial charge in [0, 0.05) is 28.8 Å². The van der Waals surface area contributed by atoms with Gasteiger partial charge in [-0.3, -0.25) is 9.59 Å². The molecule has 0 radical (unpaired) electrons. The second kappa shape index (κ2) is 10.6. The molecule has 160 valence electrons. The van der Waals surface area contributed by atoms with Crippen LogP contribution in [0.2, 0.25) is 5.02 Å². The third-order valence-corrected chi connectivity index (χ3v) is 5.84. The zero-order valence-corrected chi connectivity index (χ0v) is 18.5. The maximum absolute atomic E-state index is 12.7. The van der Waals surface area contributed by atoms with Gasteiger partial charge >= 0.3 is 0 Å². The normalized spacial score (nSPS) is 15.6. The van der Waals surface area contributed by atoms with Crippen LogP contribution in [0.25, 0.3) is 0 Å². The number of hydrogen-bond donors (Lipinski definition) is 3. The van der Waals surface area contributed by atoms with Crippen molar-refractivity contribution in [1.29, 1.82) is 0 Å².